The second-order valence-electron chi connectivity index (χ2n) is 8.72. The fraction of sp³-hybridized carbons (Fsp3) is 0.320. The first-order valence-electron chi connectivity index (χ1n) is 10.8. The fourth-order valence-corrected chi connectivity index (χ4v) is 4.86. The molecule has 0 radical (unpaired) electrons. The minimum absolute atomic E-state index is 0.0214. The van der Waals surface area contributed by atoms with E-state index in [1.165, 1.54) is 6.92 Å². The molecule has 1 saturated heterocycles. The number of aliphatic carboxylic acids is 1. The molecule has 0 saturated carbocycles. The molecule has 0 atom stereocenters. The maximum absolute atomic E-state index is 13.2. The van der Waals surface area contributed by atoms with E-state index in [0.717, 1.165) is 0 Å². The van der Waals surface area contributed by atoms with Crippen LogP contribution in [0.15, 0.2) is 40.8 Å². The van der Waals surface area contributed by atoms with Gasteiger partial charge in [0.2, 0.25) is 11.7 Å². The molecule has 2 aliphatic heterocycles. The highest BCUT2D eigenvalue weighted by Crippen LogP contribution is 2.49. The predicted octanol–water partition coefficient (Wildman–Crippen LogP) is 3.78. The number of carbonyl (C=O) groups is 3. The molecule has 3 heterocycles. The fourth-order valence-electron chi connectivity index (χ4n) is 4.86. The summed E-state index contributed by atoms with van der Waals surface area (Å²) in [5, 5.41) is 21.0. The van der Waals surface area contributed by atoms with E-state index in [4.69, 9.17) is 9.15 Å². The Kier molecular flexibility index (Phi) is 4.88. The number of hydrogen-bond donors (Lipinski definition) is 2. The largest absolute Gasteiger partial charge is 0.502 e. The third-order valence-electron chi connectivity index (χ3n) is 6.60. The summed E-state index contributed by atoms with van der Waals surface area (Å²) in [5.74, 6) is -1.17. The molecule has 2 N–H and O–H groups in total. The van der Waals surface area contributed by atoms with Crippen molar-refractivity contribution in [1.82, 2.24) is 4.90 Å². The van der Waals surface area contributed by atoms with Crippen LogP contribution in [-0.2, 0) is 16.0 Å². The van der Waals surface area contributed by atoms with Gasteiger partial charge in [-0.3, -0.25) is 14.4 Å². The minimum atomic E-state index is -1.05. The highest BCUT2D eigenvalue weighted by atomic mass is 16.5. The van der Waals surface area contributed by atoms with E-state index in [2.05, 4.69) is 0 Å². The number of benzene rings is 2. The Morgan fingerprint density at radius 2 is 1.85 bits per heavy atom. The molecule has 1 spiro atoms. The van der Waals surface area contributed by atoms with Crippen LogP contribution in [0, 0.1) is 0 Å². The van der Waals surface area contributed by atoms with Crippen LogP contribution in [-0.4, -0.2) is 51.5 Å². The first-order chi connectivity index (χ1) is 15.8. The van der Waals surface area contributed by atoms with Gasteiger partial charge in [-0.25, -0.2) is 0 Å². The number of likely N-dealkylation sites (tertiary alicyclic amines) is 1. The van der Waals surface area contributed by atoms with Crippen LogP contribution in [0.3, 0.4) is 0 Å². The molecule has 0 aliphatic carbocycles. The van der Waals surface area contributed by atoms with Gasteiger partial charge in [0.15, 0.2) is 17.1 Å². The number of ketones is 1. The first-order valence-corrected chi connectivity index (χ1v) is 10.8. The number of furan rings is 1. The van der Waals surface area contributed by atoms with Crippen LogP contribution >= 0.6 is 0 Å². The van der Waals surface area contributed by atoms with Crippen molar-refractivity contribution in [3.63, 3.8) is 0 Å². The highest BCUT2D eigenvalue weighted by Gasteiger charge is 2.45. The summed E-state index contributed by atoms with van der Waals surface area (Å²) in [6, 6.07) is 10.6. The van der Waals surface area contributed by atoms with E-state index < -0.39 is 11.6 Å². The summed E-state index contributed by atoms with van der Waals surface area (Å²) >= 11 is 0. The molecule has 8 nitrogen and oxygen atoms in total. The molecule has 1 fully saturated rings. The third-order valence-corrected chi connectivity index (χ3v) is 6.60. The Bertz CT molecular complexity index is 1280. The number of hydrogen-bond acceptors (Lipinski definition) is 6. The van der Waals surface area contributed by atoms with Crippen LogP contribution in [0.5, 0.6) is 11.5 Å². The maximum atomic E-state index is 13.2. The summed E-state index contributed by atoms with van der Waals surface area (Å²) in [5.41, 5.74) is 0.578. The number of amides is 1. The first kappa shape index (κ1) is 21.1. The number of carboxylic acid groups (broad SMARTS) is 1. The Morgan fingerprint density at radius 3 is 2.48 bits per heavy atom. The van der Waals surface area contributed by atoms with Crippen LogP contribution in [0.25, 0.3) is 22.3 Å². The monoisotopic (exact) mass is 449 g/mol. The molecule has 5 rings (SSSR count). The zero-order chi connectivity index (χ0) is 23.3. The number of piperidine rings is 1. The van der Waals surface area contributed by atoms with Gasteiger partial charge in [0.25, 0.3) is 0 Å². The van der Waals surface area contributed by atoms with Gasteiger partial charge in [-0.1, -0.05) is 30.3 Å². The van der Waals surface area contributed by atoms with E-state index in [9.17, 15) is 24.6 Å². The Balaban J connectivity index is 1.62. The zero-order valence-corrected chi connectivity index (χ0v) is 18.1. The van der Waals surface area contributed by atoms with Crippen molar-refractivity contribution >= 4 is 28.6 Å². The molecule has 0 unspecified atom stereocenters. The summed E-state index contributed by atoms with van der Waals surface area (Å²) in [6.07, 6.45) is 0.767. The lowest BCUT2D eigenvalue weighted by molar-refractivity contribution is -0.136. The van der Waals surface area contributed by atoms with Crippen LogP contribution < -0.4 is 4.74 Å². The molecule has 2 aromatic carbocycles. The molecule has 0 bridgehead atoms. The van der Waals surface area contributed by atoms with E-state index >= 15 is 0 Å². The Morgan fingerprint density at radius 1 is 1.15 bits per heavy atom. The summed E-state index contributed by atoms with van der Waals surface area (Å²) in [7, 11) is 0. The Hall–Kier alpha value is -3.81. The standard InChI is InChI=1S/C25H23NO7/c1-14(27)26-9-7-25(8-10-26)13-19(28)18-11-16-17(12-20(29)30)22(15-5-3-2-4-6-15)32-23(16)21(31)24(18)33-25/h2-6,11,31H,7-10,12-13H2,1H3,(H,29,30). The quantitative estimate of drug-likeness (QED) is 0.625. The second kappa shape index (κ2) is 7.65. The van der Waals surface area contributed by atoms with E-state index in [1.807, 2.05) is 18.2 Å². The average Bonchev–Trinajstić information content (AvgIpc) is 3.14. The van der Waals surface area contributed by atoms with Crippen molar-refractivity contribution in [1.29, 1.82) is 0 Å². The number of carbonyl (C=O) groups excluding carboxylic acids is 2. The molecule has 8 heteroatoms. The molecule has 1 aromatic heterocycles. The van der Waals surface area contributed by atoms with Gasteiger partial charge in [0.05, 0.1) is 18.4 Å². The Labute approximate surface area is 189 Å². The maximum Gasteiger partial charge on any atom is 0.307 e. The van der Waals surface area contributed by atoms with Crippen molar-refractivity contribution in [2.75, 3.05) is 13.1 Å². The molecular weight excluding hydrogens is 426 g/mol. The summed E-state index contributed by atoms with van der Waals surface area (Å²) < 4.78 is 12.2. The van der Waals surface area contributed by atoms with Crippen molar-refractivity contribution < 1.29 is 33.8 Å². The topological polar surface area (TPSA) is 117 Å². The molecule has 3 aromatic rings. The lowest BCUT2D eigenvalue weighted by Crippen LogP contribution is -2.51. The third kappa shape index (κ3) is 3.51. The number of fused-ring (bicyclic) bond motifs is 2. The van der Waals surface area contributed by atoms with Gasteiger partial charge in [0.1, 0.15) is 11.4 Å². The number of aromatic hydroxyl groups is 1. The molecular formula is C25H23NO7. The van der Waals surface area contributed by atoms with Crippen LogP contribution in [0.1, 0.15) is 42.1 Å². The zero-order valence-electron chi connectivity index (χ0n) is 18.1. The van der Waals surface area contributed by atoms with Crippen molar-refractivity contribution in [2.45, 2.75) is 38.2 Å². The lowest BCUT2D eigenvalue weighted by Gasteiger charge is -2.43. The normalized spacial score (nSPS) is 17.1. The second-order valence-corrected chi connectivity index (χ2v) is 8.72. The summed E-state index contributed by atoms with van der Waals surface area (Å²) in [4.78, 5) is 38.1. The van der Waals surface area contributed by atoms with Gasteiger partial charge in [-0.15, -0.1) is 0 Å². The van der Waals surface area contributed by atoms with Gasteiger partial charge in [0, 0.05) is 49.4 Å². The molecule has 2 aliphatic rings. The number of ether oxygens (including phenoxy) is 1. The highest BCUT2D eigenvalue weighted by molar-refractivity contribution is 6.07. The van der Waals surface area contributed by atoms with Crippen molar-refractivity contribution in [3.8, 4) is 22.8 Å². The van der Waals surface area contributed by atoms with Gasteiger partial charge in [-0.2, -0.15) is 0 Å². The molecule has 170 valence electrons. The van der Waals surface area contributed by atoms with E-state index in [1.54, 1.807) is 23.1 Å². The van der Waals surface area contributed by atoms with Gasteiger partial charge >= 0.3 is 5.97 Å². The van der Waals surface area contributed by atoms with Crippen molar-refractivity contribution in [2.24, 2.45) is 0 Å². The summed E-state index contributed by atoms with van der Waals surface area (Å²) in [6.45, 7) is 2.46. The SMILES string of the molecule is CC(=O)N1CCC2(CC1)CC(=O)c1cc3c(CC(=O)O)c(-c4ccccc4)oc3c(O)c1O2. The van der Waals surface area contributed by atoms with Crippen LogP contribution in [0.2, 0.25) is 0 Å². The number of carboxylic acids is 1. The van der Waals surface area contributed by atoms with Gasteiger partial charge < -0.3 is 24.3 Å². The minimum Gasteiger partial charge on any atom is -0.502 e. The number of Topliss-reactive ketones (excluding diaryl/α,β-unsaturated/α-hetero) is 1. The molecule has 1 amide bonds. The number of nitrogens with zero attached hydrogens (tertiary/aromatic N) is 1. The molecule has 33 heavy (non-hydrogen) atoms. The smallest absolute Gasteiger partial charge is 0.307 e. The number of phenolic OH excluding ortho intramolecular Hbond substituents is 1. The lowest BCUT2D eigenvalue weighted by atomic mass is 9.82. The van der Waals surface area contributed by atoms with Crippen LogP contribution in [0.4, 0.5) is 0 Å². The van der Waals surface area contributed by atoms with E-state index in [-0.39, 0.29) is 47.2 Å². The number of rotatable bonds is 3. The number of phenols is 1. The van der Waals surface area contributed by atoms with Gasteiger partial charge in [-0.05, 0) is 6.07 Å². The van der Waals surface area contributed by atoms with E-state index in [0.29, 0.717) is 48.2 Å². The average molecular weight is 449 g/mol. The van der Waals surface area contributed by atoms with Crippen molar-refractivity contribution in [3.05, 3.63) is 47.5 Å². The predicted molar refractivity (Wildman–Crippen MR) is 118 cm³/mol.